The molecule has 0 radical (unpaired) electrons. The zero-order chi connectivity index (χ0) is 16.9. The summed E-state index contributed by atoms with van der Waals surface area (Å²) in [6, 6.07) is 15.3. The van der Waals surface area contributed by atoms with Crippen LogP contribution in [0.4, 0.5) is 0 Å². The van der Waals surface area contributed by atoms with Gasteiger partial charge in [-0.25, -0.2) is 4.98 Å². The standard InChI is InChI=1S/C19H22N4O/c1-14(18(20)15-7-3-2-4-8-15)19(24)21-11-10-16-13-23-12-6-5-9-17(23)22-16/h2-9,12-14,18H,10-11,20H2,1H3,(H,21,24). The largest absolute Gasteiger partial charge is 0.355 e. The summed E-state index contributed by atoms with van der Waals surface area (Å²) in [6.07, 6.45) is 4.65. The number of benzene rings is 1. The molecule has 1 aromatic carbocycles. The summed E-state index contributed by atoms with van der Waals surface area (Å²) in [5.41, 5.74) is 9.04. The minimum Gasteiger partial charge on any atom is -0.355 e. The van der Waals surface area contributed by atoms with E-state index >= 15 is 0 Å². The first-order chi connectivity index (χ1) is 11.6. The van der Waals surface area contributed by atoms with Gasteiger partial charge in [-0.1, -0.05) is 43.3 Å². The maximum atomic E-state index is 12.3. The van der Waals surface area contributed by atoms with Crippen LogP contribution in [-0.4, -0.2) is 21.8 Å². The van der Waals surface area contributed by atoms with Crippen molar-refractivity contribution in [1.29, 1.82) is 0 Å². The summed E-state index contributed by atoms with van der Waals surface area (Å²) in [6.45, 7) is 2.41. The highest BCUT2D eigenvalue weighted by Crippen LogP contribution is 2.18. The lowest BCUT2D eigenvalue weighted by Gasteiger charge is -2.19. The zero-order valence-electron chi connectivity index (χ0n) is 13.7. The number of fused-ring (bicyclic) bond motifs is 1. The Labute approximate surface area is 141 Å². The van der Waals surface area contributed by atoms with E-state index in [-0.39, 0.29) is 17.9 Å². The van der Waals surface area contributed by atoms with Gasteiger partial charge in [-0.05, 0) is 17.7 Å². The van der Waals surface area contributed by atoms with Crippen LogP contribution in [-0.2, 0) is 11.2 Å². The molecule has 0 fully saturated rings. The molecular formula is C19H22N4O. The highest BCUT2D eigenvalue weighted by molar-refractivity contribution is 5.79. The van der Waals surface area contributed by atoms with Gasteiger partial charge in [-0.15, -0.1) is 0 Å². The number of pyridine rings is 1. The highest BCUT2D eigenvalue weighted by Gasteiger charge is 2.21. The predicted octanol–water partition coefficient (Wildman–Crippen LogP) is 2.33. The third-order valence-electron chi connectivity index (χ3n) is 4.23. The molecule has 0 saturated carbocycles. The first-order valence-corrected chi connectivity index (χ1v) is 8.16. The maximum absolute atomic E-state index is 12.3. The van der Waals surface area contributed by atoms with Crippen molar-refractivity contribution in [2.45, 2.75) is 19.4 Å². The molecular weight excluding hydrogens is 300 g/mol. The molecule has 1 amide bonds. The van der Waals surface area contributed by atoms with Crippen molar-refractivity contribution in [2.24, 2.45) is 11.7 Å². The van der Waals surface area contributed by atoms with Gasteiger partial charge in [-0.3, -0.25) is 4.79 Å². The second-order valence-electron chi connectivity index (χ2n) is 5.96. The Morgan fingerprint density at radius 3 is 2.71 bits per heavy atom. The molecule has 0 saturated heterocycles. The molecule has 0 aliphatic rings. The van der Waals surface area contributed by atoms with Crippen LogP contribution in [0.25, 0.3) is 5.65 Å². The van der Waals surface area contributed by atoms with Crippen LogP contribution in [0.2, 0.25) is 0 Å². The second-order valence-corrected chi connectivity index (χ2v) is 5.96. The van der Waals surface area contributed by atoms with Gasteiger partial charge in [0, 0.05) is 31.4 Å². The SMILES string of the molecule is CC(C(=O)NCCc1cn2ccccc2n1)C(N)c1ccccc1. The molecule has 24 heavy (non-hydrogen) atoms. The molecule has 3 N–H and O–H groups in total. The third-order valence-corrected chi connectivity index (χ3v) is 4.23. The number of imidazole rings is 1. The van der Waals surface area contributed by atoms with Gasteiger partial charge in [-0.2, -0.15) is 0 Å². The van der Waals surface area contributed by atoms with Crippen molar-refractivity contribution < 1.29 is 4.79 Å². The van der Waals surface area contributed by atoms with Crippen LogP contribution in [0.5, 0.6) is 0 Å². The lowest BCUT2D eigenvalue weighted by molar-refractivity contribution is -0.125. The van der Waals surface area contributed by atoms with Gasteiger partial charge in [0.05, 0.1) is 11.6 Å². The number of carbonyl (C=O) groups is 1. The molecule has 5 nitrogen and oxygen atoms in total. The monoisotopic (exact) mass is 322 g/mol. The molecule has 124 valence electrons. The summed E-state index contributed by atoms with van der Waals surface area (Å²) in [7, 11) is 0. The number of hydrogen-bond donors (Lipinski definition) is 2. The van der Waals surface area contributed by atoms with Gasteiger partial charge in [0.15, 0.2) is 0 Å². The molecule has 0 aliphatic carbocycles. The van der Waals surface area contributed by atoms with Crippen molar-refractivity contribution in [1.82, 2.24) is 14.7 Å². The number of aromatic nitrogens is 2. The van der Waals surface area contributed by atoms with Crippen LogP contribution in [0.15, 0.2) is 60.9 Å². The average Bonchev–Trinajstić information content (AvgIpc) is 3.03. The first kappa shape index (κ1) is 16.2. The summed E-state index contributed by atoms with van der Waals surface area (Å²) in [5.74, 6) is -0.316. The van der Waals surface area contributed by atoms with Crippen LogP contribution in [0.3, 0.4) is 0 Å². The molecule has 0 spiro atoms. The van der Waals surface area contributed by atoms with E-state index in [2.05, 4.69) is 10.3 Å². The summed E-state index contributed by atoms with van der Waals surface area (Å²) in [5, 5.41) is 2.96. The molecule has 3 aromatic rings. The van der Waals surface area contributed by atoms with E-state index < -0.39 is 0 Å². The summed E-state index contributed by atoms with van der Waals surface area (Å²) >= 11 is 0. The van der Waals surface area contributed by atoms with E-state index in [0.717, 1.165) is 16.9 Å². The zero-order valence-corrected chi connectivity index (χ0v) is 13.7. The van der Waals surface area contributed by atoms with Gasteiger partial charge < -0.3 is 15.5 Å². The Morgan fingerprint density at radius 1 is 1.21 bits per heavy atom. The van der Waals surface area contributed by atoms with Crippen molar-refractivity contribution in [3.8, 4) is 0 Å². The van der Waals surface area contributed by atoms with E-state index in [1.165, 1.54) is 0 Å². The molecule has 2 aromatic heterocycles. The van der Waals surface area contributed by atoms with Crippen LogP contribution >= 0.6 is 0 Å². The Balaban J connectivity index is 1.53. The van der Waals surface area contributed by atoms with Gasteiger partial charge >= 0.3 is 0 Å². The minimum atomic E-state index is -0.304. The number of nitrogens with zero attached hydrogens (tertiary/aromatic N) is 2. The Hall–Kier alpha value is -2.66. The molecule has 0 aliphatic heterocycles. The Kier molecular flexibility index (Phi) is 4.91. The fourth-order valence-electron chi connectivity index (χ4n) is 2.71. The van der Waals surface area contributed by atoms with Gasteiger partial charge in [0.1, 0.15) is 5.65 Å². The highest BCUT2D eigenvalue weighted by atomic mass is 16.1. The molecule has 2 atom stereocenters. The van der Waals surface area contributed by atoms with E-state index in [9.17, 15) is 4.79 Å². The fraction of sp³-hybridized carbons (Fsp3) is 0.263. The number of rotatable bonds is 6. The van der Waals surface area contributed by atoms with Crippen LogP contribution < -0.4 is 11.1 Å². The first-order valence-electron chi connectivity index (χ1n) is 8.16. The Bertz CT molecular complexity index is 779. The normalized spacial score (nSPS) is 13.6. The quantitative estimate of drug-likeness (QED) is 0.731. The second kappa shape index (κ2) is 7.27. The van der Waals surface area contributed by atoms with Crippen molar-refractivity contribution in [2.75, 3.05) is 6.54 Å². The van der Waals surface area contributed by atoms with E-state index in [1.807, 2.05) is 72.2 Å². The fourth-order valence-corrected chi connectivity index (χ4v) is 2.71. The number of nitrogens with one attached hydrogen (secondary N) is 1. The van der Waals surface area contributed by atoms with Crippen LogP contribution in [0, 0.1) is 5.92 Å². The summed E-state index contributed by atoms with van der Waals surface area (Å²) < 4.78 is 1.98. The van der Waals surface area contributed by atoms with Gasteiger partial charge in [0.25, 0.3) is 0 Å². The number of carbonyl (C=O) groups excluding carboxylic acids is 1. The molecule has 0 bridgehead atoms. The number of nitrogens with two attached hydrogens (primary N) is 1. The van der Waals surface area contributed by atoms with E-state index in [1.54, 1.807) is 0 Å². The average molecular weight is 322 g/mol. The Morgan fingerprint density at radius 2 is 1.96 bits per heavy atom. The lowest BCUT2D eigenvalue weighted by atomic mass is 9.94. The van der Waals surface area contributed by atoms with Crippen LogP contribution in [0.1, 0.15) is 24.2 Å². The van der Waals surface area contributed by atoms with Gasteiger partial charge in [0.2, 0.25) is 5.91 Å². The smallest absolute Gasteiger partial charge is 0.224 e. The predicted molar refractivity (Wildman–Crippen MR) is 94.4 cm³/mol. The van der Waals surface area contributed by atoms with E-state index in [4.69, 9.17) is 5.73 Å². The molecule has 5 heteroatoms. The van der Waals surface area contributed by atoms with Crippen molar-refractivity contribution >= 4 is 11.6 Å². The molecule has 3 rings (SSSR count). The van der Waals surface area contributed by atoms with Crippen molar-refractivity contribution in [3.05, 3.63) is 72.2 Å². The lowest BCUT2D eigenvalue weighted by Crippen LogP contribution is -2.36. The molecule has 2 heterocycles. The minimum absolute atomic E-state index is 0.0323. The number of amides is 1. The summed E-state index contributed by atoms with van der Waals surface area (Å²) in [4.78, 5) is 16.8. The number of hydrogen-bond acceptors (Lipinski definition) is 3. The third kappa shape index (κ3) is 3.63. The maximum Gasteiger partial charge on any atom is 0.224 e. The molecule has 2 unspecified atom stereocenters. The van der Waals surface area contributed by atoms with Crippen molar-refractivity contribution in [3.63, 3.8) is 0 Å². The topological polar surface area (TPSA) is 72.4 Å². The van der Waals surface area contributed by atoms with E-state index in [0.29, 0.717) is 13.0 Å².